The number of halogens is 1. The van der Waals surface area contributed by atoms with Crippen molar-refractivity contribution in [3.63, 3.8) is 0 Å². The van der Waals surface area contributed by atoms with Crippen LogP contribution in [0.4, 0.5) is 5.82 Å². The fourth-order valence-corrected chi connectivity index (χ4v) is 6.58. The first-order chi connectivity index (χ1) is 20.4. The molecule has 212 valence electrons. The Morgan fingerprint density at radius 3 is 2.62 bits per heavy atom. The standard InChI is InChI=1S/C33H29ClN4O3S/c1-21-9-6-15-27(22(21)2)38-33-30(31(36-38)23-10-4-3-5-11-23)32(24-12-7-13-25(34)17-24)42-20-29(40)37(33)19-28(39)35-18-26-14-8-16-41-26/h3-17,32H,18-20H2,1-2H3,(H,35,39)/t32-/m0/s1. The summed E-state index contributed by atoms with van der Waals surface area (Å²) in [7, 11) is 0. The van der Waals surface area contributed by atoms with Gasteiger partial charge in [-0.2, -0.15) is 5.10 Å². The summed E-state index contributed by atoms with van der Waals surface area (Å²) in [4.78, 5) is 28.8. The van der Waals surface area contributed by atoms with Gasteiger partial charge in [0.25, 0.3) is 0 Å². The molecule has 0 unspecified atom stereocenters. The number of aromatic nitrogens is 2. The lowest BCUT2D eigenvalue weighted by atomic mass is 9.99. The molecule has 0 radical (unpaired) electrons. The van der Waals surface area contributed by atoms with E-state index in [2.05, 4.69) is 18.3 Å². The van der Waals surface area contributed by atoms with E-state index in [9.17, 15) is 9.59 Å². The number of benzene rings is 3. The number of hydrogen-bond donors (Lipinski definition) is 1. The molecule has 1 atom stereocenters. The first-order valence-corrected chi connectivity index (χ1v) is 15.0. The number of fused-ring (bicyclic) bond motifs is 1. The summed E-state index contributed by atoms with van der Waals surface area (Å²) in [5.41, 5.74) is 6.47. The van der Waals surface area contributed by atoms with Crippen LogP contribution in [0.3, 0.4) is 0 Å². The number of amides is 2. The van der Waals surface area contributed by atoms with Crippen LogP contribution < -0.4 is 10.2 Å². The molecule has 1 aliphatic rings. The van der Waals surface area contributed by atoms with Gasteiger partial charge in [0, 0.05) is 16.1 Å². The average molecular weight is 597 g/mol. The number of furan rings is 1. The number of anilines is 1. The smallest absolute Gasteiger partial charge is 0.240 e. The second-order valence-corrected chi connectivity index (χ2v) is 11.7. The maximum Gasteiger partial charge on any atom is 0.240 e. The highest BCUT2D eigenvalue weighted by Crippen LogP contribution is 2.49. The van der Waals surface area contributed by atoms with Gasteiger partial charge in [-0.25, -0.2) is 4.68 Å². The first-order valence-electron chi connectivity index (χ1n) is 13.6. The SMILES string of the molecule is Cc1cccc(-n2nc(-c3ccccc3)c3c2N(CC(=O)NCc2ccco2)C(=O)CS[C@H]3c2cccc(Cl)c2)c1C. The van der Waals surface area contributed by atoms with E-state index in [4.69, 9.17) is 21.1 Å². The number of nitrogens with one attached hydrogen (secondary N) is 1. The number of hydrogen-bond acceptors (Lipinski definition) is 5. The summed E-state index contributed by atoms with van der Waals surface area (Å²) in [6, 6.07) is 27.3. The summed E-state index contributed by atoms with van der Waals surface area (Å²) >= 11 is 7.98. The fraction of sp³-hybridized carbons (Fsp3) is 0.182. The van der Waals surface area contributed by atoms with Gasteiger partial charge in [0.05, 0.1) is 35.2 Å². The van der Waals surface area contributed by atoms with Crippen molar-refractivity contribution in [3.05, 3.63) is 124 Å². The summed E-state index contributed by atoms with van der Waals surface area (Å²) in [5.74, 6) is 0.917. The highest BCUT2D eigenvalue weighted by Gasteiger charge is 2.38. The predicted octanol–water partition coefficient (Wildman–Crippen LogP) is 6.89. The van der Waals surface area contributed by atoms with Crippen LogP contribution in [0.5, 0.6) is 0 Å². The number of rotatable bonds is 7. The van der Waals surface area contributed by atoms with E-state index in [1.54, 1.807) is 23.3 Å². The first kappa shape index (κ1) is 27.9. The van der Waals surface area contributed by atoms with Crippen molar-refractivity contribution < 1.29 is 14.0 Å². The van der Waals surface area contributed by atoms with Crippen molar-refractivity contribution in [2.24, 2.45) is 0 Å². The lowest BCUT2D eigenvalue weighted by Crippen LogP contribution is -2.42. The third kappa shape index (κ3) is 5.47. The van der Waals surface area contributed by atoms with E-state index in [1.165, 1.54) is 11.8 Å². The Morgan fingerprint density at radius 1 is 1.05 bits per heavy atom. The van der Waals surface area contributed by atoms with Crippen LogP contribution in [0, 0.1) is 13.8 Å². The molecule has 6 rings (SSSR count). The van der Waals surface area contributed by atoms with Crippen LogP contribution in [0.25, 0.3) is 16.9 Å². The van der Waals surface area contributed by atoms with Gasteiger partial charge in [0.1, 0.15) is 18.1 Å². The Kier molecular flexibility index (Phi) is 7.91. The van der Waals surface area contributed by atoms with E-state index in [0.29, 0.717) is 16.6 Å². The Morgan fingerprint density at radius 2 is 1.86 bits per heavy atom. The van der Waals surface area contributed by atoms with Crippen molar-refractivity contribution in [2.45, 2.75) is 25.6 Å². The van der Waals surface area contributed by atoms with Crippen LogP contribution in [0.15, 0.2) is 95.6 Å². The third-order valence-electron chi connectivity index (χ3n) is 7.43. The lowest BCUT2D eigenvalue weighted by molar-refractivity contribution is -0.123. The molecule has 7 nitrogen and oxygen atoms in total. The molecule has 42 heavy (non-hydrogen) atoms. The molecule has 0 bridgehead atoms. The number of nitrogens with zero attached hydrogens (tertiary/aromatic N) is 3. The third-order valence-corrected chi connectivity index (χ3v) is 8.92. The highest BCUT2D eigenvalue weighted by atomic mass is 35.5. The quantitative estimate of drug-likeness (QED) is 0.221. The van der Waals surface area contributed by atoms with Gasteiger partial charge < -0.3 is 9.73 Å². The predicted molar refractivity (Wildman–Crippen MR) is 167 cm³/mol. The minimum Gasteiger partial charge on any atom is -0.467 e. The molecule has 3 heterocycles. The molecule has 2 amide bonds. The average Bonchev–Trinajstić information content (AvgIpc) is 3.63. The van der Waals surface area contributed by atoms with E-state index < -0.39 is 0 Å². The van der Waals surface area contributed by atoms with Crippen LogP contribution in [-0.2, 0) is 16.1 Å². The van der Waals surface area contributed by atoms with Gasteiger partial charge in [-0.1, -0.05) is 66.2 Å². The molecular formula is C33H29ClN4O3S. The van der Waals surface area contributed by atoms with Crippen LogP contribution in [-0.4, -0.2) is 33.9 Å². The topological polar surface area (TPSA) is 80.4 Å². The normalized spacial score (nSPS) is 14.9. The van der Waals surface area contributed by atoms with Gasteiger partial charge in [-0.3, -0.25) is 14.5 Å². The highest BCUT2D eigenvalue weighted by molar-refractivity contribution is 8.00. The number of thioether (sulfide) groups is 1. The van der Waals surface area contributed by atoms with Crippen LogP contribution >= 0.6 is 23.4 Å². The summed E-state index contributed by atoms with van der Waals surface area (Å²) in [6.07, 6.45) is 1.56. The molecule has 9 heteroatoms. The minimum absolute atomic E-state index is 0.167. The van der Waals surface area contributed by atoms with Crippen molar-refractivity contribution in [2.75, 3.05) is 17.2 Å². The van der Waals surface area contributed by atoms with Gasteiger partial charge >= 0.3 is 0 Å². The second kappa shape index (κ2) is 11.9. The van der Waals surface area contributed by atoms with Crippen LogP contribution in [0.2, 0.25) is 5.02 Å². The Labute approximate surface area is 253 Å². The Bertz CT molecular complexity index is 1750. The molecule has 0 saturated heterocycles. The van der Waals surface area contributed by atoms with Crippen molar-refractivity contribution in [1.82, 2.24) is 15.1 Å². The number of aryl methyl sites for hydroxylation is 1. The van der Waals surface area contributed by atoms with Crippen LogP contribution in [0.1, 0.15) is 33.3 Å². The van der Waals surface area contributed by atoms with Gasteiger partial charge in [-0.15, -0.1) is 11.8 Å². The molecule has 1 aliphatic heterocycles. The maximum atomic E-state index is 13.9. The zero-order chi connectivity index (χ0) is 29.2. The largest absolute Gasteiger partial charge is 0.467 e. The maximum absolute atomic E-state index is 13.9. The minimum atomic E-state index is -0.299. The molecule has 0 aliphatic carbocycles. The van der Waals surface area contributed by atoms with Crippen molar-refractivity contribution in [1.29, 1.82) is 0 Å². The molecule has 0 fully saturated rings. The zero-order valence-corrected chi connectivity index (χ0v) is 24.8. The molecule has 2 aromatic heterocycles. The van der Waals surface area contributed by atoms with E-state index in [1.807, 2.05) is 78.3 Å². The van der Waals surface area contributed by atoms with E-state index in [0.717, 1.165) is 39.2 Å². The number of carbonyl (C=O) groups is 2. The van der Waals surface area contributed by atoms with Crippen molar-refractivity contribution >= 4 is 41.0 Å². The fourth-order valence-electron chi connectivity index (χ4n) is 5.19. The molecule has 0 spiro atoms. The number of carbonyl (C=O) groups excluding carboxylic acids is 2. The molecule has 0 saturated carbocycles. The van der Waals surface area contributed by atoms with Crippen molar-refractivity contribution in [3.8, 4) is 16.9 Å². The van der Waals surface area contributed by atoms with Gasteiger partial charge in [0.15, 0.2) is 0 Å². The molecule has 3 aromatic carbocycles. The zero-order valence-electron chi connectivity index (χ0n) is 23.2. The van der Waals surface area contributed by atoms with E-state index >= 15 is 0 Å². The lowest BCUT2D eigenvalue weighted by Gasteiger charge is -2.24. The molecule has 5 aromatic rings. The Hall–Kier alpha value is -4.27. The molecular weight excluding hydrogens is 568 g/mol. The summed E-state index contributed by atoms with van der Waals surface area (Å²) in [6.45, 7) is 4.16. The van der Waals surface area contributed by atoms with Gasteiger partial charge in [-0.05, 0) is 60.9 Å². The molecule has 1 N–H and O–H groups in total. The summed E-state index contributed by atoms with van der Waals surface area (Å²) in [5, 5.41) is 8.43. The van der Waals surface area contributed by atoms with E-state index in [-0.39, 0.29) is 35.9 Å². The monoisotopic (exact) mass is 596 g/mol. The Balaban J connectivity index is 1.57. The van der Waals surface area contributed by atoms with Gasteiger partial charge in [0.2, 0.25) is 11.8 Å². The summed E-state index contributed by atoms with van der Waals surface area (Å²) < 4.78 is 7.21. The second-order valence-electron chi connectivity index (χ2n) is 10.2.